The van der Waals surface area contributed by atoms with E-state index in [1.807, 2.05) is 0 Å². The van der Waals surface area contributed by atoms with Crippen molar-refractivity contribution in [3.05, 3.63) is 12.3 Å². The van der Waals surface area contributed by atoms with Gasteiger partial charge in [-0.05, 0) is 12.3 Å². The van der Waals surface area contributed by atoms with Crippen molar-refractivity contribution in [2.45, 2.75) is 40.2 Å². The fourth-order valence-electron chi connectivity index (χ4n) is 1.90. The Morgan fingerprint density at radius 2 is 2.25 bits per heavy atom. The number of rotatable bonds is 8. The summed E-state index contributed by atoms with van der Waals surface area (Å²) in [4.78, 5) is 13.8. The van der Waals surface area contributed by atoms with Crippen LogP contribution < -0.4 is 5.32 Å². The summed E-state index contributed by atoms with van der Waals surface area (Å²) < 4.78 is 1.79. The molecule has 0 fully saturated rings. The third kappa shape index (κ3) is 5.21. The first kappa shape index (κ1) is 16.5. The topological polar surface area (TPSA) is 70.4 Å². The highest BCUT2D eigenvalue weighted by molar-refractivity contribution is 5.88. The lowest BCUT2D eigenvalue weighted by atomic mass is 10.2. The molecule has 0 unspecified atom stereocenters. The number of unbranched alkanes of at least 4 members (excludes halogenated alkanes) is 1. The summed E-state index contributed by atoms with van der Waals surface area (Å²) in [6.45, 7) is 8.03. The number of urea groups is 1. The zero-order valence-electron chi connectivity index (χ0n) is 12.7. The number of amides is 2. The molecule has 114 valence electrons. The summed E-state index contributed by atoms with van der Waals surface area (Å²) in [6.07, 6.45) is 3.62. The lowest BCUT2D eigenvalue weighted by Gasteiger charge is -2.22. The Bertz CT molecular complexity index is 404. The maximum absolute atomic E-state index is 12.2. The van der Waals surface area contributed by atoms with Crippen molar-refractivity contribution in [1.82, 2.24) is 14.7 Å². The van der Waals surface area contributed by atoms with E-state index in [4.69, 9.17) is 5.11 Å². The Balaban J connectivity index is 2.65. The van der Waals surface area contributed by atoms with Gasteiger partial charge < -0.3 is 10.0 Å². The number of nitrogens with zero attached hydrogens (tertiary/aromatic N) is 3. The predicted octanol–water partition coefficient (Wildman–Crippen LogP) is 2.17. The zero-order valence-corrected chi connectivity index (χ0v) is 12.7. The molecule has 0 aliphatic carbocycles. The molecule has 1 aromatic heterocycles. The standard InChI is InChI=1S/C14H26N4O2/c1-4-5-8-17(9-10-19)14(20)16-13-6-7-15-18(13)11-12(2)3/h6-7,12,19H,4-5,8-11H2,1-3H3,(H,16,20). The summed E-state index contributed by atoms with van der Waals surface area (Å²) in [5.74, 6) is 1.15. The number of aliphatic hydroxyl groups excluding tert-OH is 1. The molecule has 0 saturated heterocycles. The highest BCUT2D eigenvalue weighted by Gasteiger charge is 2.14. The van der Waals surface area contributed by atoms with Crippen LogP contribution in [0.2, 0.25) is 0 Å². The third-order valence-electron chi connectivity index (χ3n) is 2.93. The molecule has 1 rings (SSSR count). The van der Waals surface area contributed by atoms with Crippen molar-refractivity contribution in [2.75, 3.05) is 25.0 Å². The van der Waals surface area contributed by atoms with Crippen molar-refractivity contribution in [1.29, 1.82) is 0 Å². The number of anilines is 1. The van der Waals surface area contributed by atoms with Gasteiger partial charge in [-0.3, -0.25) is 5.32 Å². The maximum Gasteiger partial charge on any atom is 0.323 e. The highest BCUT2D eigenvalue weighted by atomic mass is 16.3. The molecule has 0 aliphatic heterocycles. The maximum atomic E-state index is 12.2. The Hall–Kier alpha value is -1.56. The molecule has 0 atom stereocenters. The minimum Gasteiger partial charge on any atom is -0.395 e. The van der Waals surface area contributed by atoms with Gasteiger partial charge in [0.2, 0.25) is 0 Å². The Morgan fingerprint density at radius 3 is 2.85 bits per heavy atom. The van der Waals surface area contributed by atoms with Crippen LogP contribution in [0.25, 0.3) is 0 Å². The van der Waals surface area contributed by atoms with Crippen molar-refractivity contribution in [3.8, 4) is 0 Å². The fourth-order valence-corrected chi connectivity index (χ4v) is 1.90. The normalized spacial score (nSPS) is 10.8. The number of hydrogen-bond acceptors (Lipinski definition) is 3. The lowest BCUT2D eigenvalue weighted by Crippen LogP contribution is -2.38. The van der Waals surface area contributed by atoms with E-state index in [9.17, 15) is 4.79 Å². The van der Waals surface area contributed by atoms with Crippen LogP contribution in [0.3, 0.4) is 0 Å². The lowest BCUT2D eigenvalue weighted by molar-refractivity contribution is 0.187. The van der Waals surface area contributed by atoms with Crippen LogP contribution in [0.4, 0.5) is 10.6 Å². The van der Waals surface area contributed by atoms with Crippen LogP contribution >= 0.6 is 0 Å². The molecule has 0 radical (unpaired) electrons. The second kappa shape index (κ2) is 8.58. The molecule has 20 heavy (non-hydrogen) atoms. The van der Waals surface area contributed by atoms with E-state index in [1.165, 1.54) is 0 Å². The molecule has 1 aromatic rings. The minimum absolute atomic E-state index is 0.0254. The minimum atomic E-state index is -0.182. The van der Waals surface area contributed by atoms with Crippen molar-refractivity contribution >= 4 is 11.8 Å². The highest BCUT2D eigenvalue weighted by Crippen LogP contribution is 2.10. The van der Waals surface area contributed by atoms with Gasteiger partial charge in [0.25, 0.3) is 0 Å². The van der Waals surface area contributed by atoms with Crippen molar-refractivity contribution < 1.29 is 9.90 Å². The van der Waals surface area contributed by atoms with Gasteiger partial charge in [-0.15, -0.1) is 0 Å². The quantitative estimate of drug-likeness (QED) is 0.767. The van der Waals surface area contributed by atoms with Crippen LogP contribution in [0.15, 0.2) is 12.3 Å². The average Bonchev–Trinajstić information content (AvgIpc) is 2.80. The second-order valence-corrected chi connectivity index (χ2v) is 5.29. The summed E-state index contributed by atoms with van der Waals surface area (Å²) >= 11 is 0. The van der Waals surface area contributed by atoms with E-state index in [1.54, 1.807) is 21.8 Å². The van der Waals surface area contributed by atoms with E-state index >= 15 is 0 Å². The van der Waals surface area contributed by atoms with Crippen LogP contribution in [0, 0.1) is 5.92 Å². The van der Waals surface area contributed by atoms with E-state index in [-0.39, 0.29) is 12.6 Å². The van der Waals surface area contributed by atoms with Gasteiger partial charge in [0.05, 0.1) is 12.8 Å². The molecule has 2 amide bonds. The van der Waals surface area contributed by atoms with E-state index in [0.29, 0.717) is 24.8 Å². The van der Waals surface area contributed by atoms with E-state index in [2.05, 4.69) is 31.2 Å². The number of aromatic nitrogens is 2. The van der Waals surface area contributed by atoms with Crippen LogP contribution in [0.1, 0.15) is 33.6 Å². The van der Waals surface area contributed by atoms with Gasteiger partial charge in [-0.1, -0.05) is 27.2 Å². The molecule has 2 N–H and O–H groups in total. The Labute approximate surface area is 120 Å². The van der Waals surface area contributed by atoms with Crippen molar-refractivity contribution in [2.24, 2.45) is 5.92 Å². The molecule has 6 nitrogen and oxygen atoms in total. The van der Waals surface area contributed by atoms with Crippen LogP contribution in [0.5, 0.6) is 0 Å². The predicted molar refractivity (Wildman–Crippen MR) is 79.7 cm³/mol. The van der Waals surface area contributed by atoms with Gasteiger partial charge in [-0.2, -0.15) is 5.10 Å². The van der Waals surface area contributed by atoms with Crippen LogP contribution in [-0.2, 0) is 6.54 Å². The zero-order chi connectivity index (χ0) is 15.0. The molecule has 1 heterocycles. The second-order valence-electron chi connectivity index (χ2n) is 5.29. The smallest absolute Gasteiger partial charge is 0.323 e. The van der Waals surface area contributed by atoms with Gasteiger partial charge in [0, 0.05) is 25.7 Å². The molecular weight excluding hydrogens is 256 g/mol. The van der Waals surface area contributed by atoms with Gasteiger partial charge in [0.1, 0.15) is 5.82 Å². The first-order chi connectivity index (χ1) is 9.58. The Morgan fingerprint density at radius 1 is 1.50 bits per heavy atom. The largest absolute Gasteiger partial charge is 0.395 e. The summed E-state index contributed by atoms with van der Waals surface area (Å²) in [7, 11) is 0. The third-order valence-corrected chi connectivity index (χ3v) is 2.93. The number of carbonyl (C=O) groups is 1. The first-order valence-electron chi connectivity index (χ1n) is 7.27. The molecule has 0 spiro atoms. The first-order valence-corrected chi connectivity index (χ1v) is 7.27. The number of carbonyl (C=O) groups excluding carboxylic acids is 1. The molecular formula is C14H26N4O2. The van der Waals surface area contributed by atoms with Gasteiger partial charge >= 0.3 is 6.03 Å². The van der Waals surface area contributed by atoms with Crippen LogP contribution in [-0.4, -0.2) is 45.5 Å². The Kier molecular flexibility index (Phi) is 7.08. The van der Waals surface area contributed by atoms with Gasteiger partial charge in [0.15, 0.2) is 0 Å². The fraction of sp³-hybridized carbons (Fsp3) is 0.714. The number of nitrogens with one attached hydrogen (secondary N) is 1. The van der Waals surface area contributed by atoms with E-state index in [0.717, 1.165) is 19.4 Å². The molecule has 0 saturated carbocycles. The van der Waals surface area contributed by atoms with Crippen molar-refractivity contribution in [3.63, 3.8) is 0 Å². The molecule has 0 aromatic carbocycles. The summed E-state index contributed by atoms with van der Waals surface area (Å²) in [5.41, 5.74) is 0. The summed E-state index contributed by atoms with van der Waals surface area (Å²) in [6, 6.07) is 1.61. The molecule has 0 bridgehead atoms. The number of aliphatic hydroxyl groups is 1. The number of hydrogen-bond donors (Lipinski definition) is 2. The SMILES string of the molecule is CCCCN(CCO)C(=O)Nc1ccnn1CC(C)C. The average molecular weight is 282 g/mol. The molecule has 6 heteroatoms. The summed E-state index contributed by atoms with van der Waals surface area (Å²) in [5, 5.41) is 16.1. The monoisotopic (exact) mass is 282 g/mol. The molecule has 0 aliphatic rings. The van der Waals surface area contributed by atoms with Gasteiger partial charge in [-0.25, -0.2) is 9.48 Å². The van der Waals surface area contributed by atoms with E-state index < -0.39 is 0 Å².